The van der Waals surface area contributed by atoms with E-state index in [4.69, 9.17) is 14.2 Å². The SMILES string of the molecule is COc1c(N2CCNC(C)C2)c(F)cc2c(=O)c(C(=O)OCCOCC(=O)[C@]3(O)[C@H](C)C[C@@H]4[C@H]5CCC6=CC(=O)C=C[C@@]6(C)[C@]5(F)[C@H](O)C[C@]43C)cn(C3CC3)c12. The van der Waals surface area contributed by atoms with Gasteiger partial charge in [0.2, 0.25) is 5.43 Å². The fourth-order valence-electron chi connectivity index (χ4n) is 11.5. The molecule has 0 amide bonds. The van der Waals surface area contributed by atoms with Crippen molar-refractivity contribution >= 4 is 34.1 Å². The second-order valence-electron chi connectivity index (χ2n) is 17.7. The van der Waals surface area contributed by atoms with E-state index in [0.717, 1.165) is 12.8 Å². The number of Topliss-reactive ketones (excluding diaryl/α,β-unsaturated/α-hetero) is 1. The summed E-state index contributed by atoms with van der Waals surface area (Å²) in [7, 11) is 1.44. The van der Waals surface area contributed by atoms with Gasteiger partial charge in [0, 0.05) is 54.7 Å². The van der Waals surface area contributed by atoms with Crippen molar-refractivity contribution in [2.75, 3.05) is 51.5 Å². The number of fused-ring (bicyclic) bond motifs is 6. The van der Waals surface area contributed by atoms with Crippen LogP contribution in [0.4, 0.5) is 14.5 Å². The molecule has 0 spiro atoms. The number of ketones is 2. The number of rotatable bonds is 10. The third kappa shape index (κ3) is 5.86. The van der Waals surface area contributed by atoms with Gasteiger partial charge in [0.05, 0.1) is 30.7 Å². The van der Waals surface area contributed by atoms with Crippen molar-refractivity contribution in [3.63, 3.8) is 0 Å². The minimum absolute atomic E-state index is 0.00702. The van der Waals surface area contributed by atoms with Gasteiger partial charge in [0.1, 0.15) is 30.1 Å². The van der Waals surface area contributed by atoms with Crippen LogP contribution in [0.15, 0.2) is 40.9 Å². The molecule has 4 saturated carbocycles. The number of hydrogen-bond donors (Lipinski definition) is 3. The molecule has 2 aromatic rings. The van der Waals surface area contributed by atoms with Crippen LogP contribution < -0.4 is 20.4 Å². The topological polar surface area (TPSA) is 157 Å². The first kappa shape index (κ1) is 39.8. The Morgan fingerprint density at radius 1 is 1.11 bits per heavy atom. The molecule has 3 N–H and O–H groups in total. The number of esters is 1. The number of nitrogens with one attached hydrogen (secondary N) is 1. The molecule has 14 heteroatoms. The quantitative estimate of drug-likeness (QED) is 0.232. The number of ether oxygens (including phenoxy) is 3. The lowest BCUT2D eigenvalue weighted by Crippen LogP contribution is -2.69. The minimum atomic E-state index is -2.09. The number of aliphatic hydroxyl groups excluding tert-OH is 1. The highest BCUT2D eigenvalue weighted by molar-refractivity contribution is 6.01. The normalized spacial score (nSPS) is 36.0. The van der Waals surface area contributed by atoms with Crippen molar-refractivity contribution < 1.29 is 47.6 Å². The number of nitrogens with zero attached hydrogens (tertiary/aromatic N) is 2. The van der Waals surface area contributed by atoms with Gasteiger partial charge in [-0.25, -0.2) is 13.6 Å². The Morgan fingerprint density at radius 3 is 2.56 bits per heavy atom. The average Bonchev–Trinajstić information content (AvgIpc) is 3.99. The minimum Gasteiger partial charge on any atom is -0.492 e. The lowest BCUT2D eigenvalue weighted by molar-refractivity contribution is -0.220. The van der Waals surface area contributed by atoms with Crippen LogP contribution in [0.5, 0.6) is 5.75 Å². The van der Waals surface area contributed by atoms with E-state index in [1.54, 1.807) is 31.4 Å². The number of hydrogen-bond acceptors (Lipinski definition) is 11. The van der Waals surface area contributed by atoms with Gasteiger partial charge in [-0.15, -0.1) is 0 Å². The number of aliphatic hydroxyl groups is 2. The van der Waals surface area contributed by atoms with Crippen LogP contribution in [0.3, 0.4) is 0 Å². The number of allylic oxidation sites excluding steroid dienone is 4. The maximum Gasteiger partial charge on any atom is 0.343 e. The Bertz CT molecular complexity index is 2150. The molecule has 5 fully saturated rings. The van der Waals surface area contributed by atoms with Gasteiger partial charge in [-0.1, -0.05) is 25.5 Å². The van der Waals surface area contributed by atoms with E-state index in [-0.39, 0.29) is 59.9 Å². The van der Waals surface area contributed by atoms with E-state index in [9.17, 15) is 29.4 Å². The molecule has 308 valence electrons. The third-order valence-corrected chi connectivity index (χ3v) is 14.6. The summed E-state index contributed by atoms with van der Waals surface area (Å²) in [4.78, 5) is 55.1. The van der Waals surface area contributed by atoms with Crippen LogP contribution in [0, 0.1) is 34.4 Å². The van der Waals surface area contributed by atoms with E-state index in [2.05, 4.69) is 5.32 Å². The molecule has 12 nitrogen and oxygen atoms in total. The van der Waals surface area contributed by atoms with Gasteiger partial charge < -0.3 is 39.2 Å². The van der Waals surface area contributed by atoms with Gasteiger partial charge in [-0.3, -0.25) is 14.4 Å². The van der Waals surface area contributed by atoms with E-state index < -0.39 is 75.6 Å². The summed E-state index contributed by atoms with van der Waals surface area (Å²) in [6.45, 7) is 7.96. The van der Waals surface area contributed by atoms with Gasteiger partial charge in [0.15, 0.2) is 28.8 Å². The first-order chi connectivity index (χ1) is 27.0. The van der Waals surface area contributed by atoms with Crippen LogP contribution in [-0.4, -0.2) is 102 Å². The smallest absolute Gasteiger partial charge is 0.343 e. The Labute approximate surface area is 330 Å². The highest BCUT2D eigenvalue weighted by atomic mass is 19.1. The fourth-order valence-corrected chi connectivity index (χ4v) is 11.5. The summed E-state index contributed by atoms with van der Waals surface area (Å²) in [5, 5.41) is 27.2. The van der Waals surface area contributed by atoms with Crippen molar-refractivity contribution in [1.29, 1.82) is 0 Å². The molecule has 1 aliphatic heterocycles. The molecule has 0 radical (unpaired) electrons. The van der Waals surface area contributed by atoms with E-state index in [0.29, 0.717) is 50.0 Å². The predicted molar refractivity (Wildman–Crippen MR) is 207 cm³/mol. The fraction of sp³-hybridized carbons (Fsp3) is 0.628. The van der Waals surface area contributed by atoms with Crippen LogP contribution in [0.25, 0.3) is 10.9 Å². The monoisotopic (exact) mass is 793 g/mol. The second kappa shape index (κ2) is 14.1. The van der Waals surface area contributed by atoms with Crippen molar-refractivity contribution in [3.05, 3.63) is 57.7 Å². The second-order valence-corrected chi connectivity index (χ2v) is 17.7. The molecule has 1 aromatic heterocycles. The van der Waals surface area contributed by atoms with Gasteiger partial charge in [-0.2, -0.15) is 0 Å². The Morgan fingerprint density at radius 2 is 1.86 bits per heavy atom. The highest BCUT2D eigenvalue weighted by Crippen LogP contribution is 2.70. The summed E-state index contributed by atoms with van der Waals surface area (Å²) < 4.78 is 52.0. The number of anilines is 1. The number of benzene rings is 1. The van der Waals surface area contributed by atoms with Crippen molar-refractivity contribution in [3.8, 4) is 5.75 Å². The lowest BCUT2D eigenvalue weighted by Gasteiger charge is -2.62. The molecule has 9 atom stereocenters. The molecule has 1 unspecified atom stereocenters. The molecule has 8 rings (SSSR count). The molecular formula is C43H53F2N3O9. The van der Waals surface area contributed by atoms with Crippen molar-refractivity contribution in [1.82, 2.24) is 9.88 Å². The molecule has 6 aliphatic rings. The zero-order valence-corrected chi connectivity index (χ0v) is 33.2. The maximum absolute atomic E-state index is 17.5. The van der Waals surface area contributed by atoms with E-state index in [1.165, 1.54) is 31.5 Å². The largest absolute Gasteiger partial charge is 0.492 e. The molecule has 57 heavy (non-hydrogen) atoms. The average molecular weight is 794 g/mol. The van der Waals surface area contributed by atoms with Crippen LogP contribution in [-0.2, 0) is 19.1 Å². The number of halogens is 2. The zero-order chi connectivity index (χ0) is 40.8. The number of piperazine rings is 1. The first-order valence-electron chi connectivity index (χ1n) is 20.3. The molecule has 1 aromatic carbocycles. The number of pyridine rings is 1. The van der Waals surface area contributed by atoms with Crippen LogP contribution in [0.2, 0.25) is 0 Å². The molecule has 5 aliphatic carbocycles. The summed E-state index contributed by atoms with van der Waals surface area (Å²) >= 11 is 0. The highest BCUT2D eigenvalue weighted by Gasteiger charge is 2.75. The maximum atomic E-state index is 17.5. The Kier molecular flexibility index (Phi) is 9.85. The van der Waals surface area contributed by atoms with Gasteiger partial charge in [0.25, 0.3) is 0 Å². The third-order valence-electron chi connectivity index (χ3n) is 14.6. The van der Waals surface area contributed by atoms with Crippen LogP contribution in [0.1, 0.15) is 82.6 Å². The Balaban J connectivity index is 0.951. The number of aromatic nitrogens is 1. The summed E-state index contributed by atoms with van der Waals surface area (Å²) in [5.41, 5.74) is -5.97. The standard InChI is InChI=1S/C43H53F2N3O9/c1-23-16-31-30-9-6-25-17-27(49)10-11-40(25,3)42(30,45)33(50)19-41(31,4)43(23,54)34(51)22-56-14-15-57-39(53)29-21-48(26-7-8-26)35-28(37(29)52)18-32(44)36(38(35)55-5)47-13-12-46-24(2)20-47/h10-11,17-18,21,23-24,26,30-31,33,46,50,54H,6-9,12-16,19-20,22H2,1-5H3/t23-,24?,30-,31-,33-,40-,41-,42-,43-/m1/s1. The first-order valence-corrected chi connectivity index (χ1v) is 20.3. The number of methoxy groups -OCH3 is 1. The molecule has 2 heterocycles. The van der Waals surface area contributed by atoms with Crippen LogP contribution >= 0.6 is 0 Å². The molecule has 1 saturated heterocycles. The Hall–Kier alpha value is -3.98. The lowest BCUT2D eigenvalue weighted by atomic mass is 9.44. The summed E-state index contributed by atoms with van der Waals surface area (Å²) in [6, 6.07) is 1.28. The summed E-state index contributed by atoms with van der Waals surface area (Å²) in [5.74, 6) is -3.77. The number of alkyl halides is 1. The van der Waals surface area contributed by atoms with Crippen molar-refractivity contribution in [2.45, 2.75) is 95.7 Å². The zero-order valence-electron chi connectivity index (χ0n) is 33.2. The van der Waals surface area contributed by atoms with E-state index >= 15 is 8.78 Å². The van der Waals surface area contributed by atoms with E-state index in [1.807, 2.05) is 11.8 Å². The molecular weight excluding hydrogens is 740 g/mol. The van der Waals surface area contributed by atoms with Gasteiger partial charge in [-0.05, 0) is 82.4 Å². The number of carbonyl (C=O) groups excluding carboxylic acids is 3. The number of carbonyl (C=O) groups is 3. The molecule has 0 bridgehead atoms. The van der Waals surface area contributed by atoms with Gasteiger partial charge >= 0.3 is 5.97 Å². The summed E-state index contributed by atoms with van der Waals surface area (Å²) in [6.07, 6.45) is 7.02. The van der Waals surface area contributed by atoms with Crippen molar-refractivity contribution in [2.24, 2.45) is 28.6 Å². The predicted octanol–water partition coefficient (Wildman–Crippen LogP) is 4.37.